The number of ketones is 1. The lowest BCUT2D eigenvalue weighted by Crippen LogP contribution is -2.16. The van der Waals surface area contributed by atoms with Gasteiger partial charge in [0.15, 0.2) is 11.2 Å². The van der Waals surface area contributed by atoms with E-state index in [9.17, 15) is 15.3 Å². The van der Waals surface area contributed by atoms with E-state index in [1.807, 2.05) is 18.2 Å². The highest BCUT2D eigenvalue weighted by Crippen LogP contribution is 2.75. The molecule has 20 heavy (non-hydrogen) atoms. The normalized spacial score (nSPS) is 25.4. The van der Waals surface area contributed by atoms with Crippen molar-refractivity contribution in [2.24, 2.45) is 16.7 Å². The number of hydrogen-bond acceptors (Lipinski definition) is 3. The summed E-state index contributed by atoms with van der Waals surface area (Å²) in [6.45, 7) is 0. The molecule has 1 unspecified atom stereocenters. The summed E-state index contributed by atoms with van der Waals surface area (Å²) in [6, 6.07) is 13.4. The van der Waals surface area contributed by atoms with E-state index in [4.69, 9.17) is 0 Å². The van der Waals surface area contributed by atoms with Gasteiger partial charge in [0.1, 0.15) is 0 Å². The molecule has 1 atom stereocenters. The minimum atomic E-state index is -1.10. The molecule has 1 aromatic rings. The molecule has 0 N–H and O–H groups in total. The lowest BCUT2D eigenvalue weighted by molar-refractivity contribution is 0.0937. The molecule has 0 heterocycles. The number of hydrogen-bond donors (Lipinski definition) is 0. The average molecular weight is 264 g/mol. The summed E-state index contributed by atoms with van der Waals surface area (Å²) in [6.07, 6.45) is 4.84. The van der Waals surface area contributed by atoms with Gasteiger partial charge < -0.3 is 0 Å². The van der Waals surface area contributed by atoms with Crippen molar-refractivity contribution in [1.29, 1.82) is 10.5 Å². The molecule has 2 saturated carbocycles. The van der Waals surface area contributed by atoms with Crippen LogP contribution < -0.4 is 0 Å². The van der Waals surface area contributed by atoms with Crippen LogP contribution in [0.3, 0.4) is 0 Å². The van der Waals surface area contributed by atoms with Crippen LogP contribution in [0.25, 0.3) is 0 Å². The first-order chi connectivity index (χ1) is 9.72. The van der Waals surface area contributed by atoms with Crippen LogP contribution in [0, 0.1) is 39.4 Å². The fourth-order valence-corrected chi connectivity index (χ4v) is 4.05. The number of Topliss-reactive ketones (excluding diaryl/α,β-unsaturated/α-hetero) is 1. The molecule has 0 aromatic heterocycles. The summed E-state index contributed by atoms with van der Waals surface area (Å²) < 4.78 is 0. The highest BCUT2D eigenvalue weighted by molar-refractivity contribution is 6.02. The zero-order chi connectivity index (χ0) is 14.2. The van der Waals surface area contributed by atoms with Gasteiger partial charge in [0.25, 0.3) is 0 Å². The van der Waals surface area contributed by atoms with Gasteiger partial charge in [-0.25, -0.2) is 0 Å². The third kappa shape index (κ3) is 1.47. The van der Waals surface area contributed by atoms with Gasteiger partial charge in [-0.15, -0.1) is 0 Å². The van der Waals surface area contributed by atoms with Crippen LogP contribution in [0.1, 0.15) is 42.5 Å². The Morgan fingerprint density at radius 3 is 2.20 bits per heavy atom. The van der Waals surface area contributed by atoms with Crippen LogP contribution in [0.2, 0.25) is 0 Å². The Morgan fingerprint density at radius 2 is 1.65 bits per heavy atom. The summed E-state index contributed by atoms with van der Waals surface area (Å²) in [7, 11) is 0. The number of nitriles is 2. The number of benzene rings is 1. The molecule has 0 radical (unpaired) electrons. The van der Waals surface area contributed by atoms with Gasteiger partial charge in [-0.2, -0.15) is 10.5 Å². The summed E-state index contributed by atoms with van der Waals surface area (Å²) in [4.78, 5) is 12.7. The minimum Gasteiger partial charge on any atom is -0.294 e. The molecule has 3 nitrogen and oxygen atoms in total. The van der Waals surface area contributed by atoms with Crippen molar-refractivity contribution in [2.75, 3.05) is 0 Å². The van der Waals surface area contributed by atoms with Crippen molar-refractivity contribution >= 4 is 5.78 Å². The van der Waals surface area contributed by atoms with Crippen LogP contribution in [-0.2, 0) is 0 Å². The smallest absolute Gasteiger partial charge is 0.169 e. The van der Waals surface area contributed by atoms with Crippen molar-refractivity contribution < 1.29 is 4.79 Å². The number of nitrogens with zero attached hydrogens (tertiary/aromatic N) is 2. The number of rotatable bonds is 2. The lowest BCUT2D eigenvalue weighted by Gasteiger charge is -2.22. The van der Waals surface area contributed by atoms with Crippen molar-refractivity contribution in [3.63, 3.8) is 0 Å². The van der Waals surface area contributed by atoms with E-state index in [1.165, 1.54) is 0 Å². The summed E-state index contributed by atoms with van der Waals surface area (Å²) in [5.41, 5.74) is -0.864. The van der Waals surface area contributed by atoms with E-state index in [-0.39, 0.29) is 11.2 Å². The zero-order valence-electron chi connectivity index (χ0n) is 11.3. The predicted molar refractivity (Wildman–Crippen MR) is 73.4 cm³/mol. The minimum absolute atomic E-state index is 0.0319. The largest absolute Gasteiger partial charge is 0.294 e. The SMILES string of the molecule is N#CC1(C#N)C(C(=O)c2ccccc2)C12CCCCC2. The average Bonchev–Trinajstić information content (AvgIpc) is 3.08. The molecule has 2 aliphatic rings. The van der Waals surface area contributed by atoms with Crippen LogP contribution >= 0.6 is 0 Å². The highest BCUT2D eigenvalue weighted by Gasteiger charge is 2.80. The second-order valence-corrected chi connectivity index (χ2v) is 5.91. The molecular formula is C17H16N2O. The van der Waals surface area contributed by atoms with E-state index in [0.717, 1.165) is 32.1 Å². The second kappa shape index (κ2) is 4.46. The quantitative estimate of drug-likeness (QED) is 0.768. The molecule has 3 heteroatoms. The van der Waals surface area contributed by atoms with Gasteiger partial charge >= 0.3 is 0 Å². The van der Waals surface area contributed by atoms with Crippen molar-refractivity contribution in [3.8, 4) is 12.1 Å². The molecule has 0 amide bonds. The molecule has 3 rings (SSSR count). The van der Waals surface area contributed by atoms with Gasteiger partial charge in [-0.1, -0.05) is 49.6 Å². The summed E-state index contributed by atoms with van der Waals surface area (Å²) in [5.74, 6) is -0.469. The van der Waals surface area contributed by atoms with Crippen LogP contribution in [0.5, 0.6) is 0 Å². The molecule has 2 fully saturated rings. The first kappa shape index (κ1) is 12.9. The Morgan fingerprint density at radius 1 is 1.05 bits per heavy atom. The molecule has 1 spiro atoms. The van der Waals surface area contributed by atoms with Gasteiger partial charge in [0, 0.05) is 11.0 Å². The van der Waals surface area contributed by atoms with E-state index in [2.05, 4.69) is 12.1 Å². The molecule has 2 aliphatic carbocycles. The maximum absolute atomic E-state index is 12.7. The van der Waals surface area contributed by atoms with Gasteiger partial charge in [0.2, 0.25) is 0 Å². The maximum Gasteiger partial charge on any atom is 0.169 e. The highest BCUT2D eigenvalue weighted by atomic mass is 16.1. The summed E-state index contributed by atoms with van der Waals surface area (Å²) in [5, 5.41) is 19.0. The van der Waals surface area contributed by atoms with Gasteiger partial charge in [-0.05, 0) is 12.8 Å². The molecule has 1 aromatic carbocycles. The third-order valence-corrected chi connectivity index (χ3v) is 5.11. The Hall–Kier alpha value is -2.13. The summed E-state index contributed by atoms with van der Waals surface area (Å²) >= 11 is 0. The van der Waals surface area contributed by atoms with Crippen LogP contribution in [0.4, 0.5) is 0 Å². The Labute approximate surface area is 118 Å². The van der Waals surface area contributed by atoms with Crippen molar-refractivity contribution in [3.05, 3.63) is 35.9 Å². The fourth-order valence-electron chi connectivity index (χ4n) is 4.05. The first-order valence-corrected chi connectivity index (χ1v) is 7.14. The van der Waals surface area contributed by atoms with Crippen LogP contribution in [0.15, 0.2) is 30.3 Å². The number of carbonyl (C=O) groups excluding carboxylic acids is 1. The topological polar surface area (TPSA) is 64.7 Å². The maximum atomic E-state index is 12.7. The molecular weight excluding hydrogens is 248 g/mol. The Balaban J connectivity index is 1.99. The van der Waals surface area contributed by atoms with E-state index in [0.29, 0.717) is 5.56 Å². The molecule has 0 aliphatic heterocycles. The standard InChI is InChI=1S/C17H16N2O/c18-11-17(12-19)15(16(17)9-5-2-6-10-16)14(20)13-7-3-1-4-8-13/h1,3-4,7-8,15H,2,5-6,9-10H2. The Bertz CT molecular complexity index is 601. The lowest BCUT2D eigenvalue weighted by atomic mass is 9.80. The third-order valence-electron chi connectivity index (χ3n) is 5.11. The second-order valence-electron chi connectivity index (χ2n) is 5.91. The van der Waals surface area contributed by atoms with Gasteiger partial charge in [0.05, 0.1) is 18.1 Å². The predicted octanol–water partition coefficient (Wildman–Crippen LogP) is 3.48. The van der Waals surface area contributed by atoms with Crippen molar-refractivity contribution in [1.82, 2.24) is 0 Å². The fraction of sp³-hybridized carbons (Fsp3) is 0.471. The number of carbonyl (C=O) groups is 1. The molecule has 100 valence electrons. The Kier molecular flexibility index (Phi) is 2.87. The zero-order valence-corrected chi connectivity index (χ0v) is 11.3. The van der Waals surface area contributed by atoms with E-state index in [1.54, 1.807) is 12.1 Å². The molecule has 0 bridgehead atoms. The van der Waals surface area contributed by atoms with Crippen LogP contribution in [-0.4, -0.2) is 5.78 Å². The van der Waals surface area contributed by atoms with Crippen molar-refractivity contribution in [2.45, 2.75) is 32.1 Å². The van der Waals surface area contributed by atoms with E-state index >= 15 is 0 Å². The molecule has 0 saturated heterocycles. The monoisotopic (exact) mass is 264 g/mol. The van der Waals surface area contributed by atoms with E-state index < -0.39 is 11.3 Å². The van der Waals surface area contributed by atoms with Gasteiger partial charge in [-0.3, -0.25) is 4.79 Å². The first-order valence-electron chi connectivity index (χ1n) is 7.14.